The molecule has 29 heavy (non-hydrogen) atoms. The fraction of sp³-hybridized carbons (Fsp3) is 0.381. The van der Waals surface area contributed by atoms with Crippen LogP contribution in [0.4, 0.5) is 13.2 Å². The van der Waals surface area contributed by atoms with E-state index in [4.69, 9.17) is 21.1 Å². The molecule has 0 aliphatic carbocycles. The molecule has 0 atom stereocenters. The number of carbonyl (C=O) groups is 1. The second-order valence-electron chi connectivity index (χ2n) is 6.86. The Morgan fingerprint density at radius 2 is 1.90 bits per heavy atom. The summed E-state index contributed by atoms with van der Waals surface area (Å²) in [6, 6.07) is 9.95. The first kappa shape index (κ1) is 21.5. The minimum atomic E-state index is -4.46. The molecule has 2 aromatic rings. The van der Waals surface area contributed by atoms with E-state index in [2.05, 4.69) is 0 Å². The van der Waals surface area contributed by atoms with Gasteiger partial charge in [0.1, 0.15) is 12.4 Å². The van der Waals surface area contributed by atoms with Gasteiger partial charge in [0.2, 0.25) is 0 Å². The molecule has 156 valence electrons. The number of likely N-dealkylation sites (tertiary alicyclic amines) is 1. The Balaban J connectivity index is 1.64. The summed E-state index contributed by atoms with van der Waals surface area (Å²) >= 11 is 5.91. The van der Waals surface area contributed by atoms with Crippen molar-refractivity contribution in [2.24, 2.45) is 0 Å². The summed E-state index contributed by atoms with van der Waals surface area (Å²) in [5.74, 6) is 0.0898. The predicted octanol–water partition coefficient (Wildman–Crippen LogP) is 5.19. The van der Waals surface area contributed by atoms with Crippen molar-refractivity contribution < 1.29 is 27.4 Å². The first-order valence-electron chi connectivity index (χ1n) is 9.18. The van der Waals surface area contributed by atoms with Crippen LogP contribution in [-0.2, 0) is 17.5 Å². The number of benzene rings is 2. The summed E-state index contributed by atoms with van der Waals surface area (Å²) in [5.41, 5.74) is 0.429. The maximum absolute atomic E-state index is 12.7. The highest BCUT2D eigenvalue weighted by Gasteiger charge is 2.31. The standard InChI is InChI=1S/C21H21ClF3NO3/c1-28-17-7-9-26(10-8-17)20(27)15-4-2-3-14(11-15)13-29-19-6-5-16(12-18(19)22)21(23,24)25/h2-6,11-12,17H,7-10,13H2,1H3. The summed E-state index contributed by atoms with van der Waals surface area (Å²) in [4.78, 5) is 14.5. The number of piperidine rings is 1. The Morgan fingerprint density at radius 3 is 2.52 bits per heavy atom. The fourth-order valence-electron chi connectivity index (χ4n) is 3.23. The summed E-state index contributed by atoms with van der Waals surface area (Å²) in [7, 11) is 1.68. The molecule has 0 saturated carbocycles. The van der Waals surface area contributed by atoms with Gasteiger partial charge in [-0.05, 0) is 48.7 Å². The zero-order chi connectivity index (χ0) is 21.0. The van der Waals surface area contributed by atoms with Crippen molar-refractivity contribution in [2.75, 3.05) is 20.2 Å². The minimum Gasteiger partial charge on any atom is -0.487 e. The van der Waals surface area contributed by atoms with E-state index in [1.54, 1.807) is 36.3 Å². The van der Waals surface area contributed by atoms with Crippen molar-refractivity contribution >= 4 is 17.5 Å². The Hall–Kier alpha value is -2.25. The predicted molar refractivity (Wildman–Crippen MR) is 103 cm³/mol. The van der Waals surface area contributed by atoms with Gasteiger partial charge in [0.15, 0.2) is 0 Å². The van der Waals surface area contributed by atoms with Crippen LogP contribution in [-0.4, -0.2) is 37.1 Å². The molecule has 4 nitrogen and oxygen atoms in total. The maximum Gasteiger partial charge on any atom is 0.416 e. The second-order valence-corrected chi connectivity index (χ2v) is 7.27. The summed E-state index contributed by atoms with van der Waals surface area (Å²) in [5, 5.41) is -0.118. The zero-order valence-electron chi connectivity index (χ0n) is 15.8. The third-order valence-corrected chi connectivity index (χ3v) is 5.19. The van der Waals surface area contributed by atoms with Gasteiger partial charge in [-0.25, -0.2) is 0 Å². The van der Waals surface area contributed by atoms with E-state index in [0.717, 1.165) is 30.5 Å². The van der Waals surface area contributed by atoms with Gasteiger partial charge in [-0.2, -0.15) is 13.2 Å². The smallest absolute Gasteiger partial charge is 0.416 e. The number of methoxy groups -OCH3 is 1. The first-order valence-corrected chi connectivity index (χ1v) is 9.56. The Labute approximate surface area is 172 Å². The van der Waals surface area contributed by atoms with E-state index in [1.165, 1.54) is 6.07 Å². The van der Waals surface area contributed by atoms with Crippen molar-refractivity contribution in [1.29, 1.82) is 0 Å². The van der Waals surface area contributed by atoms with Gasteiger partial charge in [-0.3, -0.25) is 4.79 Å². The van der Waals surface area contributed by atoms with Crippen molar-refractivity contribution in [2.45, 2.75) is 31.7 Å². The van der Waals surface area contributed by atoms with Gasteiger partial charge in [-0.15, -0.1) is 0 Å². The topological polar surface area (TPSA) is 38.8 Å². The second kappa shape index (κ2) is 9.05. The van der Waals surface area contributed by atoms with Crippen LogP contribution < -0.4 is 4.74 Å². The fourth-order valence-corrected chi connectivity index (χ4v) is 3.46. The number of amides is 1. The third kappa shape index (κ3) is 5.42. The normalized spacial score (nSPS) is 15.4. The molecule has 0 unspecified atom stereocenters. The highest BCUT2D eigenvalue weighted by molar-refractivity contribution is 6.32. The lowest BCUT2D eigenvalue weighted by Crippen LogP contribution is -2.40. The highest BCUT2D eigenvalue weighted by Crippen LogP contribution is 2.35. The number of hydrogen-bond donors (Lipinski definition) is 0. The number of hydrogen-bond acceptors (Lipinski definition) is 3. The molecule has 3 rings (SSSR count). The molecule has 1 fully saturated rings. The molecule has 0 bridgehead atoms. The summed E-state index contributed by atoms with van der Waals surface area (Å²) in [6.45, 7) is 1.36. The maximum atomic E-state index is 12.7. The van der Waals surface area contributed by atoms with Crippen molar-refractivity contribution in [3.05, 3.63) is 64.2 Å². The third-order valence-electron chi connectivity index (χ3n) is 4.89. The van der Waals surface area contributed by atoms with Crippen molar-refractivity contribution in [1.82, 2.24) is 4.90 Å². The largest absolute Gasteiger partial charge is 0.487 e. The lowest BCUT2D eigenvalue weighted by atomic mass is 10.1. The molecule has 0 radical (unpaired) electrons. The Kier molecular flexibility index (Phi) is 6.70. The van der Waals surface area contributed by atoms with Crippen LogP contribution in [0.25, 0.3) is 0 Å². The molecule has 1 aliphatic rings. The monoisotopic (exact) mass is 427 g/mol. The summed E-state index contributed by atoms with van der Waals surface area (Å²) in [6.07, 6.45) is -2.67. The molecule has 8 heteroatoms. The summed E-state index contributed by atoms with van der Waals surface area (Å²) < 4.78 is 49.1. The zero-order valence-corrected chi connectivity index (χ0v) is 16.6. The van der Waals surface area contributed by atoms with Crippen LogP contribution in [0.2, 0.25) is 5.02 Å². The number of carbonyl (C=O) groups excluding carboxylic acids is 1. The van der Waals surface area contributed by atoms with E-state index >= 15 is 0 Å². The van der Waals surface area contributed by atoms with E-state index < -0.39 is 11.7 Å². The number of nitrogens with zero attached hydrogens (tertiary/aromatic N) is 1. The van der Waals surface area contributed by atoms with Crippen molar-refractivity contribution in [3.63, 3.8) is 0 Å². The lowest BCUT2D eigenvalue weighted by Gasteiger charge is -2.31. The molecular formula is C21H21ClF3NO3. The number of rotatable bonds is 5. The van der Waals surface area contributed by atoms with Gasteiger partial charge >= 0.3 is 6.18 Å². The molecule has 0 N–H and O–H groups in total. The van der Waals surface area contributed by atoms with E-state index in [9.17, 15) is 18.0 Å². The molecule has 1 amide bonds. The number of ether oxygens (including phenoxy) is 2. The van der Waals surface area contributed by atoms with Crippen LogP contribution in [0.3, 0.4) is 0 Å². The number of halogens is 4. The molecule has 0 spiro atoms. The molecular weight excluding hydrogens is 407 g/mol. The number of alkyl halides is 3. The van der Waals surface area contributed by atoms with Crippen LogP contribution in [0.1, 0.15) is 34.3 Å². The lowest BCUT2D eigenvalue weighted by molar-refractivity contribution is -0.137. The van der Waals surface area contributed by atoms with Gasteiger partial charge < -0.3 is 14.4 Å². The molecule has 1 aliphatic heterocycles. The average molecular weight is 428 g/mol. The van der Waals surface area contributed by atoms with Crippen molar-refractivity contribution in [3.8, 4) is 5.75 Å². The van der Waals surface area contributed by atoms with Crippen LogP contribution >= 0.6 is 11.6 Å². The quantitative estimate of drug-likeness (QED) is 0.659. The van der Waals surface area contributed by atoms with Gasteiger partial charge in [0, 0.05) is 25.8 Å². The Morgan fingerprint density at radius 1 is 1.17 bits per heavy atom. The van der Waals surface area contributed by atoms with Gasteiger partial charge in [-0.1, -0.05) is 23.7 Å². The van der Waals surface area contributed by atoms with E-state index in [-0.39, 0.29) is 29.4 Å². The molecule has 1 heterocycles. The molecule has 2 aromatic carbocycles. The van der Waals surface area contributed by atoms with E-state index in [1.807, 2.05) is 0 Å². The van der Waals surface area contributed by atoms with E-state index in [0.29, 0.717) is 18.7 Å². The highest BCUT2D eigenvalue weighted by atomic mass is 35.5. The Bertz CT molecular complexity index is 864. The SMILES string of the molecule is COC1CCN(C(=O)c2cccc(COc3ccc(C(F)(F)F)cc3Cl)c2)CC1. The van der Waals surface area contributed by atoms with Gasteiger partial charge in [0.05, 0.1) is 16.7 Å². The molecule has 1 saturated heterocycles. The average Bonchev–Trinajstić information content (AvgIpc) is 2.72. The first-order chi connectivity index (χ1) is 13.8. The van der Waals surface area contributed by atoms with Crippen LogP contribution in [0, 0.1) is 0 Å². The minimum absolute atomic E-state index is 0.0611. The molecule has 0 aromatic heterocycles. The van der Waals surface area contributed by atoms with Gasteiger partial charge in [0.25, 0.3) is 5.91 Å². The van der Waals surface area contributed by atoms with Crippen LogP contribution in [0.5, 0.6) is 5.75 Å². The van der Waals surface area contributed by atoms with Crippen LogP contribution in [0.15, 0.2) is 42.5 Å².